The lowest BCUT2D eigenvalue weighted by Gasteiger charge is -2.18. The van der Waals surface area contributed by atoms with Gasteiger partial charge in [0.25, 0.3) is 0 Å². The molecule has 94 valence electrons. The van der Waals surface area contributed by atoms with Crippen molar-refractivity contribution in [3.63, 3.8) is 0 Å². The molecule has 1 fully saturated rings. The van der Waals surface area contributed by atoms with Crippen LogP contribution >= 0.6 is 0 Å². The number of rotatable bonds is 5. The summed E-state index contributed by atoms with van der Waals surface area (Å²) >= 11 is 0. The molecule has 0 amide bonds. The van der Waals surface area contributed by atoms with E-state index in [4.69, 9.17) is 14.4 Å². The molecule has 1 atom stereocenters. The van der Waals surface area contributed by atoms with Crippen LogP contribution in [0.25, 0.3) is 0 Å². The second-order valence-electron chi connectivity index (χ2n) is 4.32. The number of carboxylic acid groups (broad SMARTS) is 1. The molecular weight excluding hydrogens is 224 g/mol. The topological polar surface area (TPSA) is 75.8 Å². The predicted molar refractivity (Wildman–Crippen MR) is 58.8 cm³/mol. The van der Waals surface area contributed by atoms with E-state index in [2.05, 4.69) is 5.16 Å². The van der Waals surface area contributed by atoms with Gasteiger partial charge in [-0.15, -0.1) is 0 Å². The average Bonchev–Trinajstić information content (AvgIpc) is 2.88. The number of aromatic carboxylic acids is 1. The van der Waals surface area contributed by atoms with Gasteiger partial charge in [-0.3, -0.25) is 4.90 Å². The highest BCUT2D eigenvalue weighted by molar-refractivity contribution is 5.85. The lowest BCUT2D eigenvalue weighted by atomic mass is 10.2. The van der Waals surface area contributed by atoms with Crippen molar-refractivity contribution in [3.8, 4) is 0 Å². The summed E-state index contributed by atoms with van der Waals surface area (Å²) in [5, 5.41) is 12.2. The monoisotopic (exact) mass is 240 g/mol. The van der Waals surface area contributed by atoms with E-state index >= 15 is 0 Å². The fourth-order valence-corrected chi connectivity index (χ4v) is 1.95. The van der Waals surface area contributed by atoms with Crippen LogP contribution in [0.3, 0.4) is 0 Å². The fourth-order valence-electron chi connectivity index (χ4n) is 1.95. The molecule has 6 nitrogen and oxygen atoms in total. The molecule has 2 rings (SSSR count). The van der Waals surface area contributed by atoms with E-state index in [1.165, 1.54) is 6.07 Å². The molecule has 6 heteroatoms. The number of carboxylic acids is 1. The van der Waals surface area contributed by atoms with Gasteiger partial charge in [0.05, 0.1) is 12.6 Å². The molecule has 1 unspecified atom stereocenters. The highest BCUT2D eigenvalue weighted by atomic mass is 16.5. The Hall–Kier alpha value is -1.40. The van der Waals surface area contributed by atoms with Crippen LogP contribution in [0.2, 0.25) is 0 Å². The summed E-state index contributed by atoms with van der Waals surface area (Å²) in [6.07, 6.45) is 2.48. The van der Waals surface area contributed by atoms with Crippen LogP contribution in [0.15, 0.2) is 10.6 Å². The largest absolute Gasteiger partial charge is 0.476 e. The Labute approximate surface area is 99.1 Å². The number of carbonyl (C=O) groups is 1. The van der Waals surface area contributed by atoms with E-state index in [9.17, 15) is 4.79 Å². The van der Waals surface area contributed by atoms with Crippen molar-refractivity contribution in [2.45, 2.75) is 25.5 Å². The number of nitrogens with zero attached hydrogens (tertiary/aromatic N) is 2. The summed E-state index contributed by atoms with van der Waals surface area (Å²) in [5.74, 6) is -0.510. The maximum Gasteiger partial charge on any atom is 0.358 e. The van der Waals surface area contributed by atoms with Crippen LogP contribution in [0, 0.1) is 0 Å². The minimum Gasteiger partial charge on any atom is -0.476 e. The molecule has 2 heterocycles. The molecule has 0 aromatic carbocycles. The minimum absolute atomic E-state index is 0.0504. The van der Waals surface area contributed by atoms with Crippen LogP contribution < -0.4 is 0 Å². The highest BCUT2D eigenvalue weighted by Gasteiger charge is 2.18. The van der Waals surface area contributed by atoms with E-state index in [0.717, 1.165) is 26.0 Å². The Morgan fingerprint density at radius 1 is 1.71 bits per heavy atom. The molecule has 17 heavy (non-hydrogen) atoms. The molecule has 0 spiro atoms. The van der Waals surface area contributed by atoms with E-state index < -0.39 is 5.97 Å². The summed E-state index contributed by atoms with van der Waals surface area (Å²) in [7, 11) is 1.95. The van der Waals surface area contributed by atoms with Crippen molar-refractivity contribution < 1.29 is 19.2 Å². The summed E-state index contributed by atoms with van der Waals surface area (Å²) < 4.78 is 10.5. The van der Waals surface area contributed by atoms with Crippen LogP contribution in [0.4, 0.5) is 0 Å². The quantitative estimate of drug-likeness (QED) is 0.827. The van der Waals surface area contributed by atoms with Crippen molar-refractivity contribution in [1.82, 2.24) is 10.1 Å². The first kappa shape index (κ1) is 12.1. The maximum absolute atomic E-state index is 10.6. The number of aromatic nitrogens is 1. The fraction of sp³-hybridized carbons (Fsp3) is 0.636. The van der Waals surface area contributed by atoms with E-state index in [1.54, 1.807) is 0 Å². The minimum atomic E-state index is -1.07. The van der Waals surface area contributed by atoms with Gasteiger partial charge in [0.2, 0.25) is 0 Å². The maximum atomic E-state index is 10.6. The SMILES string of the molecule is CN(Cc1cc(C(=O)O)no1)CC1CCCO1. The predicted octanol–water partition coefficient (Wildman–Crippen LogP) is 0.984. The first-order valence-corrected chi connectivity index (χ1v) is 5.64. The Balaban J connectivity index is 1.84. The summed E-state index contributed by atoms with van der Waals surface area (Å²) in [6.45, 7) is 2.20. The molecule has 1 aromatic rings. The average molecular weight is 240 g/mol. The van der Waals surface area contributed by atoms with Gasteiger partial charge in [0.1, 0.15) is 0 Å². The van der Waals surface area contributed by atoms with E-state index in [0.29, 0.717) is 12.3 Å². The second kappa shape index (κ2) is 5.29. The van der Waals surface area contributed by atoms with E-state index in [-0.39, 0.29) is 11.8 Å². The van der Waals surface area contributed by atoms with Gasteiger partial charge in [-0.25, -0.2) is 4.79 Å². The van der Waals surface area contributed by atoms with Crippen LogP contribution in [-0.2, 0) is 11.3 Å². The normalized spacial score (nSPS) is 20.0. The lowest BCUT2D eigenvalue weighted by Crippen LogP contribution is -2.28. The van der Waals surface area contributed by atoms with Gasteiger partial charge >= 0.3 is 5.97 Å². The number of ether oxygens (including phenoxy) is 1. The van der Waals surface area contributed by atoms with Crippen LogP contribution in [0.1, 0.15) is 29.1 Å². The second-order valence-corrected chi connectivity index (χ2v) is 4.32. The third-order valence-electron chi connectivity index (χ3n) is 2.74. The Morgan fingerprint density at radius 3 is 3.12 bits per heavy atom. The molecule has 0 aliphatic carbocycles. The molecule has 0 saturated carbocycles. The zero-order valence-electron chi connectivity index (χ0n) is 9.76. The third kappa shape index (κ3) is 3.28. The van der Waals surface area contributed by atoms with Crippen molar-refractivity contribution in [2.24, 2.45) is 0 Å². The highest BCUT2D eigenvalue weighted by Crippen LogP contribution is 2.14. The number of hydrogen-bond donors (Lipinski definition) is 1. The Morgan fingerprint density at radius 2 is 2.53 bits per heavy atom. The van der Waals surface area contributed by atoms with Gasteiger partial charge in [0.15, 0.2) is 11.5 Å². The summed E-state index contributed by atoms with van der Waals surface area (Å²) in [5.41, 5.74) is -0.0504. The smallest absolute Gasteiger partial charge is 0.358 e. The first-order chi connectivity index (χ1) is 8.15. The lowest BCUT2D eigenvalue weighted by molar-refractivity contribution is 0.0685. The van der Waals surface area contributed by atoms with Crippen molar-refractivity contribution in [2.75, 3.05) is 20.2 Å². The molecule has 0 bridgehead atoms. The summed E-state index contributed by atoms with van der Waals surface area (Å²) in [6, 6.07) is 1.45. The zero-order valence-corrected chi connectivity index (χ0v) is 9.76. The third-order valence-corrected chi connectivity index (χ3v) is 2.74. The Kier molecular flexibility index (Phi) is 3.75. The first-order valence-electron chi connectivity index (χ1n) is 5.64. The molecule has 1 saturated heterocycles. The van der Waals surface area contributed by atoms with Gasteiger partial charge in [0, 0.05) is 19.2 Å². The number of hydrogen-bond acceptors (Lipinski definition) is 5. The van der Waals surface area contributed by atoms with Crippen molar-refractivity contribution in [3.05, 3.63) is 17.5 Å². The van der Waals surface area contributed by atoms with E-state index in [1.807, 2.05) is 11.9 Å². The molecule has 1 aliphatic rings. The van der Waals surface area contributed by atoms with Crippen LogP contribution in [0.5, 0.6) is 0 Å². The zero-order chi connectivity index (χ0) is 12.3. The molecule has 1 aliphatic heterocycles. The Bertz CT molecular complexity index is 385. The van der Waals surface area contributed by atoms with Crippen molar-refractivity contribution in [1.29, 1.82) is 0 Å². The molecule has 1 N–H and O–H groups in total. The van der Waals surface area contributed by atoms with Gasteiger partial charge in [-0.2, -0.15) is 0 Å². The number of likely N-dealkylation sites (N-methyl/N-ethyl adjacent to an activating group) is 1. The standard InChI is InChI=1S/C11H16N2O4/c1-13(6-8-3-2-4-16-8)7-9-5-10(11(14)15)12-17-9/h5,8H,2-4,6-7H2,1H3,(H,14,15). The van der Waals surface area contributed by atoms with Gasteiger partial charge in [-0.05, 0) is 19.9 Å². The molecule has 1 aromatic heterocycles. The van der Waals surface area contributed by atoms with Gasteiger partial charge in [-0.1, -0.05) is 5.16 Å². The summed E-state index contributed by atoms with van der Waals surface area (Å²) in [4.78, 5) is 12.7. The molecular formula is C11H16N2O4. The van der Waals surface area contributed by atoms with Crippen LogP contribution in [-0.4, -0.2) is 47.4 Å². The van der Waals surface area contributed by atoms with Gasteiger partial charge < -0.3 is 14.4 Å². The van der Waals surface area contributed by atoms with Crippen molar-refractivity contribution >= 4 is 5.97 Å². The molecule has 0 radical (unpaired) electrons.